The number of hydrogen-bond donors (Lipinski definition) is 0. The van der Waals surface area contributed by atoms with Gasteiger partial charge in [0.1, 0.15) is 6.54 Å². The van der Waals surface area contributed by atoms with Crippen molar-refractivity contribution in [2.45, 2.75) is 39.3 Å². The van der Waals surface area contributed by atoms with Gasteiger partial charge < -0.3 is 19.3 Å². The van der Waals surface area contributed by atoms with Crippen LogP contribution >= 0.6 is 11.3 Å². The zero-order chi connectivity index (χ0) is 27.7. The van der Waals surface area contributed by atoms with E-state index in [-0.39, 0.29) is 29.7 Å². The number of rotatable bonds is 13. The van der Waals surface area contributed by atoms with Gasteiger partial charge >= 0.3 is 0 Å². The smallest absolute Gasteiger partial charge is 0.270 e. The Morgan fingerprint density at radius 3 is 2.45 bits per heavy atom. The third-order valence-electron chi connectivity index (χ3n) is 6.39. The molecule has 3 rings (SSSR count). The number of ether oxygens (including phenoxy) is 2. The van der Waals surface area contributed by atoms with Crippen LogP contribution in [0.4, 0.5) is 5.69 Å². The maximum absolute atomic E-state index is 13.6. The molecule has 0 saturated heterocycles. The summed E-state index contributed by atoms with van der Waals surface area (Å²) in [5, 5.41) is 13.2. The first-order chi connectivity index (χ1) is 18.3. The van der Waals surface area contributed by atoms with Gasteiger partial charge in [-0.25, -0.2) is 0 Å². The molecule has 202 valence electrons. The molecule has 0 N–H and O–H groups in total. The number of hydrogen-bond acceptors (Lipinski definition) is 7. The second-order valence-electron chi connectivity index (χ2n) is 8.83. The SMILES string of the molecule is CCC(C)N(CC(=O)N(CCc1ccc(OC)c(OC)c1)Cc1cccs1)C(=O)c1cccc([N+](=O)[O-])c1. The lowest BCUT2D eigenvalue weighted by Gasteiger charge is -2.31. The highest BCUT2D eigenvalue weighted by atomic mass is 32.1. The van der Waals surface area contributed by atoms with E-state index in [1.807, 2.05) is 49.6 Å². The predicted octanol–water partition coefficient (Wildman–Crippen LogP) is 5.19. The van der Waals surface area contributed by atoms with Crippen molar-refractivity contribution in [2.24, 2.45) is 0 Å². The fraction of sp³-hybridized carbons (Fsp3) is 0.357. The van der Waals surface area contributed by atoms with Crippen LogP contribution in [0.5, 0.6) is 11.5 Å². The predicted molar refractivity (Wildman–Crippen MR) is 147 cm³/mol. The van der Waals surface area contributed by atoms with Crippen molar-refractivity contribution >= 4 is 28.8 Å². The van der Waals surface area contributed by atoms with Gasteiger partial charge in [-0.1, -0.05) is 25.1 Å². The van der Waals surface area contributed by atoms with Crippen molar-refractivity contribution in [3.05, 3.63) is 86.1 Å². The van der Waals surface area contributed by atoms with Gasteiger partial charge in [0.2, 0.25) is 5.91 Å². The molecule has 0 radical (unpaired) electrons. The molecule has 38 heavy (non-hydrogen) atoms. The molecule has 0 bridgehead atoms. The van der Waals surface area contributed by atoms with Gasteiger partial charge in [0.05, 0.1) is 25.7 Å². The molecule has 0 aliphatic heterocycles. The topological polar surface area (TPSA) is 102 Å². The van der Waals surface area contributed by atoms with E-state index in [9.17, 15) is 19.7 Å². The molecule has 0 aliphatic rings. The number of methoxy groups -OCH3 is 2. The van der Waals surface area contributed by atoms with Crippen LogP contribution in [0.3, 0.4) is 0 Å². The van der Waals surface area contributed by atoms with Crippen LogP contribution in [0.2, 0.25) is 0 Å². The molecule has 0 fully saturated rings. The van der Waals surface area contributed by atoms with E-state index < -0.39 is 10.8 Å². The zero-order valence-electron chi connectivity index (χ0n) is 22.1. The van der Waals surface area contributed by atoms with Crippen molar-refractivity contribution in [3.63, 3.8) is 0 Å². The molecule has 1 heterocycles. The molecule has 9 nitrogen and oxygen atoms in total. The number of thiophene rings is 1. The van der Waals surface area contributed by atoms with Gasteiger partial charge in [0.25, 0.3) is 11.6 Å². The number of nitrogens with zero attached hydrogens (tertiary/aromatic N) is 3. The lowest BCUT2D eigenvalue weighted by molar-refractivity contribution is -0.384. The van der Waals surface area contributed by atoms with Crippen molar-refractivity contribution in [2.75, 3.05) is 27.3 Å². The minimum atomic E-state index is -0.535. The first-order valence-corrected chi connectivity index (χ1v) is 13.2. The number of nitro groups is 1. The summed E-state index contributed by atoms with van der Waals surface area (Å²) in [5.41, 5.74) is 1.00. The van der Waals surface area contributed by atoms with E-state index in [0.29, 0.717) is 37.4 Å². The van der Waals surface area contributed by atoms with Gasteiger partial charge in [0, 0.05) is 35.2 Å². The molecule has 1 unspecified atom stereocenters. The number of non-ortho nitro benzene ring substituents is 1. The number of amides is 2. The maximum Gasteiger partial charge on any atom is 0.270 e. The Morgan fingerprint density at radius 2 is 1.82 bits per heavy atom. The minimum absolute atomic E-state index is 0.131. The monoisotopic (exact) mass is 539 g/mol. The largest absolute Gasteiger partial charge is 0.493 e. The number of benzene rings is 2. The molecule has 1 atom stereocenters. The van der Waals surface area contributed by atoms with Crippen molar-refractivity contribution in [1.29, 1.82) is 0 Å². The second-order valence-corrected chi connectivity index (χ2v) is 9.86. The highest BCUT2D eigenvalue weighted by Crippen LogP contribution is 2.28. The van der Waals surface area contributed by atoms with Crippen molar-refractivity contribution in [1.82, 2.24) is 9.80 Å². The standard InChI is InChI=1S/C28H33N3O6S/c1-5-20(2)30(28(33)22-8-6-9-23(17-22)31(34)35)19-27(32)29(18-24-10-7-15-38-24)14-13-21-11-12-25(36-3)26(16-21)37-4/h6-12,15-17,20H,5,13-14,18-19H2,1-4H3. The molecular weight excluding hydrogens is 506 g/mol. The van der Waals surface area contributed by atoms with E-state index >= 15 is 0 Å². The molecule has 0 aliphatic carbocycles. The average Bonchev–Trinajstić information content (AvgIpc) is 3.46. The van der Waals surface area contributed by atoms with Crippen molar-refractivity contribution < 1.29 is 24.0 Å². The normalized spacial score (nSPS) is 11.5. The molecule has 10 heteroatoms. The maximum atomic E-state index is 13.6. The lowest BCUT2D eigenvalue weighted by atomic mass is 10.1. The molecule has 3 aromatic rings. The van der Waals surface area contributed by atoms with E-state index in [0.717, 1.165) is 10.4 Å². The fourth-order valence-electron chi connectivity index (χ4n) is 4.00. The number of carbonyl (C=O) groups excluding carboxylic acids is 2. The second kappa shape index (κ2) is 13.6. The van der Waals surface area contributed by atoms with E-state index in [2.05, 4.69) is 0 Å². The Morgan fingerprint density at radius 1 is 1.05 bits per heavy atom. The van der Waals surface area contributed by atoms with E-state index in [1.54, 1.807) is 30.5 Å². The summed E-state index contributed by atoms with van der Waals surface area (Å²) in [6, 6.07) is 15.0. The first-order valence-electron chi connectivity index (χ1n) is 12.3. The van der Waals surface area contributed by atoms with Crippen LogP contribution in [0, 0.1) is 10.1 Å². The molecule has 2 aromatic carbocycles. The Bertz CT molecular complexity index is 1250. The zero-order valence-corrected chi connectivity index (χ0v) is 22.9. The highest BCUT2D eigenvalue weighted by Gasteiger charge is 2.27. The third kappa shape index (κ3) is 7.32. The van der Waals surface area contributed by atoms with Gasteiger partial charge in [-0.15, -0.1) is 11.3 Å². The fourth-order valence-corrected chi connectivity index (χ4v) is 4.71. The van der Waals surface area contributed by atoms with E-state index in [1.165, 1.54) is 29.2 Å². The lowest BCUT2D eigenvalue weighted by Crippen LogP contribution is -2.46. The summed E-state index contributed by atoms with van der Waals surface area (Å²) >= 11 is 1.56. The Hall–Kier alpha value is -3.92. The van der Waals surface area contributed by atoms with Crippen LogP contribution in [0.25, 0.3) is 0 Å². The summed E-state index contributed by atoms with van der Waals surface area (Å²) in [4.78, 5) is 42.0. The molecule has 2 amide bonds. The van der Waals surface area contributed by atoms with Gasteiger partial charge in [-0.2, -0.15) is 0 Å². The van der Waals surface area contributed by atoms with Gasteiger partial charge in [-0.3, -0.25) is 19.7 Å². The van der Waals surface area contributed by atoms with Crippen LogP contribution in [0.15, 0.2) is 60.0 Å². The highest BCUT2D eigenvalue weighted by molar-refractivity contribution is 7.09. The molecule has 0 saturated carbocycles. The first kappa shape index (κ1) is 28.6. The molecule has 0 spiro atoms. The number of carbonyl (C=O) groups is 2. The van der Waals surface area contributed by atoms with Crippen LogP contribution in [-0.2, 0) is 17.8 Å². The van der Waals surface area contributed by atoms with Crippen LogP contribution in [-0.4, -0.2) is 59.9 Å². The van der Waals surface area contributed by atoms with Crippen LogP contribution in [0.1, 0.15) is 41.1 Å². The quantitative estimate of drug-likeness (QED) is 0.219. The summed E-state index contributed by atoms with van der Waals surface area (Å²) in [6.45, 7) is 4.53. The van der Waals surface area contributed by atoms with Crippen molar-refractivity contribution in [3.8, 4) is 11.5 Å². The summed E-state index contributed by atoms with van der Waals surface area (Å²) < 4.78 is 10.7. The van der Waals surface area contributed by atoms with Gasteiger partial charge in [0.15, 0.2) is 11.5 Å². The minimum Gasteiger partial charge on any atom is -0.493 e. The van der Waals surface area contributed by atoms with Gasteiger partial charge in [-0.05, 0) is 55.0 Å². The summed E-state index contributed by atoms with van der Waals surface area (Å²) in [5.74, 6) is 0.642. The number of nitro benzene ring substituents is 1. The Balaban J connectivity index is 1.82. The Labute approximate surface area is 226 Å². The Kier molecular flexibility index (Phi) is 10.2. The van der Waals surface area contributed by atoms with E-state index in [4.69, 9.17) is 9.47 Å². The summed E-state index contributed by atoms with van der Waals surface area (Å²) in [7, 11) is 3.16. The average molecular weight is 540 g/mol. The molecular formula is C28H33N3O6S. The van der Waals surface area contributed by atoms with Crippen LogP contribution < -0.4 is 9.47 Å². The molecule has 1 aromatic heterocycles. The third-order valence-corrected chi connectivity index (χ3v) is 7.25. The summed E-state index contributed by atoms with van der Waals surface area (Å²) in [6.07, 6.45) is 1.21.